The lowest BCUT2D eigenvalue weighted by molar-refractivity contribution is 0.456. The maximum atomic E-state index is 6.01. The average molecular weight is 268 g/mol. The van der Waals surface area contributed by atoms with Crippen molar-refractivity contribution < 1.29 is 0 Å². The third-order valence-electron chi connectivity index (χ3n) is 2.65. The van der Waals surface area contributed by atoms with Crippen LogP contribution in [0.1, 0.15) is 37.5 Å². The zero-order valence-corrected chi connectivity index (χ0v) is 11.7. The predicted molar refractivity (Wildman–Crippen MR) is 70.5 cm³/mol. The Bertz CT molecular complexity index is 500. The number of alkyl halides is 1. The molecule has 0 fully saturated rings. The molecule has 0 saturated heterocycles. The van der Waals surface area contributed by atoms with Crippen molar-refractivity contribution in [1.29, 1.82) is 0 Å². The van der Waals surface area contributed by atoms with E-state index in [2.05, 4.69) is 29.0 Å². The molecule has 1 atom stereocenters. The van der Waals surface area contributed by atoms with Gasteiger partial charge in [-0.3, -0.25) is 4.68 Å². The molecule has 0 radical (unpaired) electrons. The highest BCUT2D eigenvalue weighted by molar-refractivity contribution is 6.20. The summed E-state index contributed by atoms with van der Waals surface area (Å²) < 4.78 is 3.77. The van der Waals surface area contributed by atoms with Gasteiger partial charge in [0.25, 0.3) is 0 Å². The van der Waals surface area contributed by atoms with E-state index in [0.29, 0.717) is 12.5 Å². The number of nitrogens with zero attached hydrogens (tertiary/aromatic N) is 5. The van der Waals surface area contributed by atoms with Crippen LogP contribution in [0.15, 0.2) is 18.7 Å². The molecule has 0 aromatic carbocycles. The smallest absolute Gasteiger partial charge is 0.148 e. The lowest BCUT2D eigenvalue weighted by atomic mass is 10.2. The summed E-state index contributed by atoms with van der Waals surface area (Å²) in [5.74, 6) is 1.46. The van der Waals surface area contributed by atoms with E-state index in [-0.39, 0.29) is 5.38 Å². The number of hydrogen-bond donors (Lipinski definition) is 0. The molecular formula is C12H18ClN5. The maximum absolute atomic E-state index is 6.01. The second kappa shape index (κ2) is 5.52. The van der Waals surface area contributed by atoms with Crippen LogP contribution in [-0.4, -0.2) is 24.5 Å². The molecule has 0 N–H and O–H groups in total. The summed E-state index contributed by atoms with van der Waals surface area (Å²) >= 11 is 6.01. The third-order valence-corrected chi connectivity index (χ3v) is 2.90. The highest BCUT2D eigenvalue weighted by Crippen LogP contribution is 2.18. The fourth-order valence-corrected chi connectivity index (χ4v) is 1.84. The van der Waals surface area contributed by atoms with Gasteiger partial charge in [0.2, 0.25) is 0 Å². The molecule has 5 nitrogen and oxygen atoms in total. The minimum atomic E-state index is -0.0210. The Kier molecular flexibility index (Phi) is 4.01. The Balaban J connectivity index is 2.10. The second-order valence-corrected chi connectivity index (χ2v) is 5.49. The van der Waals surface area contributed by atoms with Crippen LogP contribution in [0, 0.1) is 5.92 Å². The van der Waals surface area contributed by atoms with Gasteiger partial charge in [0.1, 0.15) is 18.7 Å². The predicted octanol–water partition coefficient (Wildman–Crippen LogP) is 2.48. The summed E-state index contributed by atoms with van der Waals surface area (Å²) in [5.41, 5.74) is 1.02. The van der Waals surface area contributed by atoms with E-state index in [4.69, 9.17) is 11.6 Å². The lowest BCUT2D eigenvalue weighted by Crippen LogP contribution is -2.13. The minimum Gasteiger partial charge on any atom is -0.265 e. The highest BCUT2D eigenvalue weighted by atomic mass is 35.5. The third kappa shape index (κ3) is 3.10. The fourth-order valence-electron chi connectivity index (χ4n) is 1.73. The van der Waals surface area contributed by atoms with Gasteiger partial charge >= 0.3 is 0 Å². The van der Waals surface area contributed by atoms with E-state index in [1.54, 1.807) is 12.5 Å². The van der Waals surface area contributed by atoms with Crippen molar-refractivity contribution in [2.45, 2.75) is 39.2 Å². The maximum Gasteiger partial charge on any atom is 0.148 e. The molecule has 0 spiro atoms. The van der Waals surface area contributed by atoms with Crippen LogP contribution in [0.25, 0.3) is 0 Å². The van der Waals surface area contributed by atoms with Gasteiger partial charge in [-0.1, -0.05) is 13.8 Å². The average Bonchev–Trinajstić information content (AvgIpc) is 2.89. The summed E-state index contributed by atoms with van der Waals surface area (Å²) in [6.07, 6.45) is 5.33. The fraction of sp³-hybridized carbons (Fsp3) is 0.583. The first-order chi connectivity index (χ1) is 8.56. The van der Waals surface area contributed by atoms with E-state index in [9.17, 15) is 0 Å². The van der Waals surface area contributed by atoms with Crippen LogP contribution in [0.2, 0.25) is 0 Å². The van der Waals surface area contributed by atoms with Crippen molar-refractivity contribution in [3.8, 4) is 0 Å². The molecule has 0 aliphatic rings. The molecular weight excluding hydrogens is 250 g/mol. The Labute approximate surface area is 112 Å². The lowest BCUT2D eigenvalue weighted by Gasteiger charge is -2.08. The molecule has 1 unspecified atom stereocenters. The molecule has 2 rings (SSSR count). The summed E-state index contributed by atoms with van der Waals surface area (Å²) in [6.45, 7) is 7.75. The van der Waals surface area contributed by atoms with Gasteiger partial charge in [-0.15, -0.1) is 11.6 Å². The van der Waals surface area contributed by atoms with Crippen molar-refractivity contribution in [2.75, 3.05) is 0 Å². The van der Waals surface area contributed by atoms with Crippen molar-refractivity contribution in [3.63, 3.8) is 0 Å². The minimum absolute atomic E-state index is 0.0210. The van der Waals surface area contributed by atoms with Gasteiger partial charge in [0.15, 0.2) is 0 Å². The second-order valence-electron chi connectivity index (χ2n) is 4.84. The Morgan fingerprint density at radius 3 is 2.67 bits per heavy atom. The summed E-state index contributed by atoms with van der Waals surface area (Å²) in [6, 6.07) is 0. The summed E-state index contributed by atoms with van der Waals surface area (Å²) in [5, 5.41) is 8.50. The summed E-state index contributed by atoms with van der Waals surface area (Å²) in [4.78, 5) is 4.28. The molecule has 98 valence electrons. The zero-order valence-electron chi connectivity index (χ0n) is 10.9. The first-order valence-electron chi connectivity index (χ1n) is 6.09. The topological polar surface area (TPSA) is 48.5 Å². The van der Waals surface area contributed by atoms with Crippen LogP contribution >= 0.6 is 11.6 Å². The molecule has 0 saturated carbocycles. The van der Waals surface area contributed by atoms with E-state index in [1.165, 1.54) is 0 Å². The molecule has 18 heavy (non-hydrogen) atoms. The molecule has 0 aliphatic heterocycles. The molecule has 2 aromatic rings. The van der Waals surface area contributed by atoms with E-state index >= 15 is 0 Å². The van der Waals surface area contributed by atoms with Crippen molar-refractivity contribution >= 4 is 11.6 Å². The highest BCUT2D eigenvalue weighted by Gasteiger charge is 2.09. The number of halogens is 1. The van der Waals surface area contributed by atoms with E-state index in [1.807, 2.05) is 22.5 Å². The van der Waals surface area contributed by atoms with Crippen LogP contribution < -0.4 is 0 Å². The van der Waals surface area contributed by atoms with Crippen LogP contribution in [-0.2, 0) is 13.1 Å². The van der Waals surface area contributed by atoms with Crippen LogP contribution in [0.3, 0.4) is 0 Å². The number of rotatable bonds is 5. The Morgan fingerprint density at radius 1 is 1.28 bits per heavy atom. The SMILES string of the molecule is CC(C)Cn1ncnc1Cn1cc(C(C)Cl)cn1. The zero-order chi connectivity index (χ0) is 13.1. The van der Waals surface area contributed by atoms with Gasteiger partial charge in [0.05, 0.1) is 11.6 Å². The van der Waals surface area contributed by atoms with Crippen molar-refractivity contribution in [3.05, 3.63) is 30.1 Å². The Hall–Kier alpha value is -1.36. The molecule has 0 amide bonds. The number of hydrogen-bond acceptors (Lipinski definition) is 3. The van der Waals surface area contributed by atoms with Gasteiger partial charge in [-0.05, 0) is 12.8 Å². The molecule has 0 bridgehead atoms. The standard InChI is InChI=1S/C12H18ClN5/c1-9(2)5-18-12(14-8-16-18)7-17-6-11(4-15-17)10(3)13/h4,6,8-10H,5,7H2,1-3H3. The van der Waals surface area contributed by atoms with E-state index in [0.717, 1.165) is 17.9 Å². The van der Waals surface area contributed by atoms with Crippen molar-refractivity contribution in [1.82, 2.24) is 24.5 Å². The summed E-state index contributed by atoms with van der Waals surface area (Å²) in [7, 11) is 0. The van der Waals surface area contributed by atoms with Gasteiger partial charge in [0, 0.05) is 18.3 Å². The molecule has 6 heteroatoms. The molecule has 2 aromatic heterocycles. The monoisotopic (exact) mass is 267 g/mol. The Morgan fingerprint density at radius 2 is 2.06 bits per heavy atom. The van der Waals surface area contributed by atoms with Crippen LogP contribution in [0.4, 0.5) is 0 Å². The molecule has 0 aliphatic carbocycles. The van der Waals surface area contributed by atoms with Gasteiger partial charge in [-0.25, -0.2) is 9.67 Å². The van der Waals surface area contributed by atoms with Crippen molar-refractivity contribution in [2.24, 2.45) is 5.92 Å². The van der Waals surface area contributed by atoms with Gasteiger partial charge in [-0.2, -0.15) is 10.2 Å². The first kappa shape index (κ1) is 13.1. The van der Waals surface area contributed by atoms with Gasteiger partial charge < -0.3 is 0 Å². The number of aromatic nitrogens is 5. The first-order valence-corrected chi connectivity index (χ1v) is 6.53. The normalized spacial score (nSPS) is 13.2. The van der Waals surface area contributed by atoms with E-state index < -0.39 is 0 Å². The molecule has 2 heterocycles. The largest absolute Gasteiger partial charge is 0.265 e. The van der Waals surface area contributed by atoms with Crippen LogP contribution in [0.5, 0.6) is 0 Å². The quantitative estimate of drug-likeness (QED) is 0.782.